The van der Waals surface area contributed by atoms with Gasteiger partial charge in [-0.05, 0) is 37.3 Å². The standard InChI is InChI=1S/C19H32N2/c1-6-19-14-20(16(4)5)10-11-21(19)13-17-8-7-9-18(12-17)15(2)3/h7-9,12,15-16,19H,6,10-11,13-14H2,1-5H3. The zero-order valence-electron chi connectivity index (χ0n) is 14.5. The largest absolute Gasteiger partial charge is 0.298 e. The zero-order valence-corrected chi connectivity index (χ0v) is 14.5. The Kier molecular flexibility index (Phi) is 5.83. The van der Waals surface area contributed by atoms with E-state index in [1.165, 1.54) is 37.2 Å². The van der Waals surface area contributed by atoms with Crippen molar-refractivity contribution in [3.63, 3.8) is 0 Å². The van der Waals surface area contributed by atoms with Crippen molar-refractivity contribution in [3.8, 4) is 0 Å². The minimum absolute atomic E-state index is 0.615. The topological polar surface area (TPSA) is 6.48 Å². The summed E-state index contributed by atoms with van der Waals surface area (Å²) in [5, 5.41) is 0. The molecule has 0 saturated carbocycles. The molecule has 0 bridgehead atoms. The van der Waals surface area contributed by atoms with Crippen molar-refractivity contribution >= 4 is 0 Å². The molecule has 0 aromatic heterocycles. The van der Waals surface area contributed by atoms with Crippen molar-refractivity contribution in [2.45, 2.75) is 65.6 Å². The van der Waals surface area contributed by atoms with Gasteiger partial charge < -0.3 is 0 Å². The molecular weight excluding hydrogens is 256 g/mol. The second-order valence-electron chi connectivity index (χ2n) is 7.02. The maximum atomic E-state index is 2.68. The minimum Gasteiger partial charge on any atom is -0.298 e. The average molecular weight is 288 g/mol. The Morgan fingerprint density at radius 1 is 1.14 bits per heavy atom. The van der Waals surface area contributed by atoms with Crippen LogP contribution in [0.2, 0.25) is 0 Å². The molecule has 118 valence electrons. The fourth-order valence-corrected chi connectivity index (χ4v) is 3.27. The molecular formula is C19H32N2. The van der Waals surface area contributed by atoms with E-state index in [-0.39, 0.29) is 0 Å². The third-order valence-electron chi connectivity index (χ3n) is 4.84. The molecule has 1 atom stereocenters. The van der Waals surface area contributed by atoms with Crippen LogP contribution >= 0.6 is 0 Å². The van der Waals surface area contributed by atoms with Crippen LogP contribution in [0.25, 0.3) is 0 Å². The molecule has 0 N–H and O–H groups in total. The fourth-order valence-electron chi connectivity index (χ4n) is 3.27. The summed E-state index contributed by atoms with van der Waals surface area (Å²) in [6.07, 6.45) is 1.24. The Morgan fingerprint density at radius 3 is 2.52 bits per heavy atom. The summed E-state index contributed by atoms with van der Waals surface area (Å²) in [6, 6.07) is 10.5. The number of hydrogen-bond donors (Lipinski definition) is 0. The number of rotatable bonds is 5. The van der Waals surface area contributed by atoms with Gasteiger partial charge in [0.1, 0.15) is 0 Å². The summed E-state index contributed by atoms with van der Waals surface area (Å²) >= 11 is 0. The highest BCUT2D eigenvalue weighted by molar-refractivity contribution is 5.25. The van der Waals surface area contributed by atoms with Crippen LogP contribution in [0.1, 0.15) is 58.1 Å². The maximum absolute atomic E-state index is 2.68. The van der Waals surface area contributed by atoms with Gasteiger partial charge in [-0.3, -0.25) is 9.80 Å². The molecule has 1 unspecified atom stereocenters. The lowest BCUT2D eigenvalue weighted by Crippen LogP contribution is -2.54. The first-order valence-electron chi connectivity index (χ1n) is 8.58. The Morgan fingerprint density at radius 2 is 1.90 bits per heavy atom. The summed E-state index contributed by atoms with van der Waals surface area (Å²) in [5.74, 6) is 0.615. The molecule has 0 amide bonds. The SMILES string of the molecule is CCC1CN(C(C)C)CCN1Cc1cccc(C(C)C)c1. The molecule has 1 saturated heterocycles. The van der Waals surface area contributed by atoms with Crippen LogP contribution < -0.4 is 0 Å². The second-order valence-corrected chi connectivity index (χ2v) is 7.02. The van der Waals surface area contributed by atoms with E-state index >= 15 is 0 Å². The second kappa shape index (κ2) is 7.42. The van der Waals surface area contributed by atoms with Crippen molar-refractivity contribution < 1.29 is 0 Å². The molecule has 1 aromatic rings. The van der Waals surface area contributed by atoms with Gasteiger partial charge in [-0.2, -0.15) is 0 Å². The van der Waals surface area contributed by atoms with Crippen molar-refractivity contribution in [3.05, 3.63) is 35.4 Å². The number of benzene rings is 1. The molecule has 0 aliphatic carbocycles. The van der Waals surface area contributed by atoms with E-state index in [9.17, 15) is 0 Å². The molecule has 1 aliphatic heterocycles. The highest BCUT2D eigenvalue weighted by Gasteiger charge is 2.26. The smallest absolute Gasteiger partial charge is 0.0237 e. The third kappa shape index (κ3) is 4.31. The maximum Gasteiger partial charge on any atom is 0.0237 e. The summed E-state index contributed by atoms with van der Waals surface area (Å²) in [6.45, 7) is 16.2. The van der Waals surface area contributed by atoms with E-state index in [4.69, 9.17) is 0 Å². The molecule has 2 nitrogen and oxygen atoms in total. The van der Waals surface area contributed by atoms with E-state index in [1.807, 2.05) is 0 Å². The Bertz CT molecular complexity index is 439. The van der Waals surface area contributed by atoms with Gasteiger partial charge in [0.2, 0.25) is 0 Å². The predicted octanol–water partition coefficient (Wildman–Crippen LogP) is 4.11. The summed E-state index contributed by atoms with van der Waals surface area (Å²) < 4.78 is 0. The van der Waals surface area contributed by atoms with Crippen LogP contribution in [0.15, 0.2) is 24.3 Å². The fraction of sp³-hybridized carbons (Fsp3) is 0.684. The van der Waals surface area contributed by atoms with E-state index in [1.54, 1.807) is 0 Å². The van der Waals surface area contributed by atoms with Crippen LogP contribution in [-0.2, 0) is 6.54 Å². The quantitative estimate of drug-likeness (QED) is 0.804. The first kappa shape index (κ1) is 16.5. The van der Waals surface area contributed by atoms with Gasteiger partial charge in [0, 0.05) is 38.3 Å². The molecule has 1 heterocycles. The van der Waals surface area contributed by atoms with Gasteiger partial charge in [-0.25, -0.2) is 0 Å². The van der Waals surface area contributed by atoms with Gasteiger partial charge in [0.15, 0.2) is 0 Å². The average Bonchev–Trinajstić information content (AvgIpc) is 2.47. The molecule has 2 rings (SSSR count). The summed E-state index contributed by atoms with van der Waals surface area (Å²) in [7, 11) is 0. The van der Waals surface area contributed by atoms with Gasteiger partial charge in [-0.1, -0.05) is 45.0 Å². The molecule has 1 aromatic carbocycles. The monoisotopic (exact) mass is 288 g/mol. The normalized spacial score (nSPS) is 21.4. The van der Waals surface area contributed by atoms with Crippen LogP contribution in [-0.4, -0.2) is 41.5 Å². The Hall–Kier alpha value is -0.860. The molecule has 0 radical (unpaired) electrons. The van der Waals surface area contributed by atoms with Gasteiger partial charge >= 0.3 is 0 Å². The van der Waals surface area contributed by atoms with Crippen LogP contribution in [0, 0.1) is 0 Å². The Balaban J connectivity index is 2.03. The van der Waals surface area contributed by atoms with Crippen molar-refractivity contribution in [2.75, 3.05) is 19.6 Å². The zero-order chi connectivity index (χ0) is 15.4. The number of nitrogens with zero attached hydrogens (tertiary/aromatic N) is 2. The number of piperazine rings is 1. The lowest BCUT2D eigenvalue weighted by molar-refractivity contribution is 0.0494. The van der Waals surface area contributed by atoms with Crippen LogP contribution in [0.4, 0.5) is 0 Å². The summed E-state index contributed by atoms with van der Waals surface area (Å²) in [4.78, 5) is 5.30. The third-order valence-corrected chi connectivity index (χ3v) is 4.84. The van der Waals surface area contributed by atoms with Gasteiger partial charge in [-0.15, -0.1) is 0 Å². The first-order valence-corrected chi connectivity index (χ1v) is 8.58. The van der Waals surface area contributed by atoms with E-state index < -0.39 is 0 Å². The van der Waals surface area contributed by atoms with Gasteiger partial charge in [0.05, 0.1) is 0 Å². The van der Waals surface area contributed by atoms with Crippen LogP contribution in [0.3, 0.4) is 0 Å². The lowest BCUT2D eigenvalue weighted by Gasteiger charge is -2.43. The minimum atomic E-state index is 0.615. The first-order chi connectivity index (χ1) is 10.0. The molecule has 1 fully saturated rings. The van der Waals surface area contributed by atoms with Gasteiger partial charge in [0.25, 0.3) is 0 Å². The van der Waals surface area contributed by atoms with E-state index in [2.05, 4.69) is 68.7 Å². The molecule has 21 heavy (non-hydrogen) atoms. The number of hydrogen-bond acceptors (Lipinski definition) is 2. The highest BCUT2D eigenvalue weighted by Crippen LogP contribution is 2.20. The highest BCUT2D eigenvalue weighted by atomic mass is 15.3. The molecule has 1 aliphatic rings. The van der Waals surface area contributed by atoms with E-state index in [0.29, 0.717) is 18.0 Å². The van der Waals surface area contributed by atoms with Crippen molar-refractivity contribution in [1.29, 1.82) is 0 Å². The summed E-state index contributed by atoms with van der Waals surface area (Å²) in [5.41, 5.74) is 2.93. The lowest BCUT2D eigenvalue weighted by atomic mass is 10.00. The van der Waals surface area contributed by atoms with Crippen molar-refractivity contribution in [2.24, 2.45) is 0 Å². The predicted molar refractivity (Wildman–Crippen MR) is 91.7 cm³/mol. The van der Waals surface area contributed by atoms with Crippen LogP contribution in [0.5, 0.6) is 0 Å². The molecule has 2 heteroatoms. The van der Waals surface area contributed by atoms with E-state index in [0.717, 1.165) is 6.54 Å². The Labute approximate surface area is 131 Å². The van der Waals surface area contributed by atoms with Crippen molar-refractivity contribution in [1.82, 2.24) is 9.80 Å². The molecule has 0 spiro atoms.